The molecule has 1 aromatic heterocycles. The molecule has 1 unspecified atom stereocenters. The van der Waals surface area contributed by atoms with E-state index >= 15 is 0 Å². The Morgan fingerprint density at radius 1 is 1.29 bits per heavy atom. The van der Waals surface area contributed by atoms with Crippen LogP contribution in [0.5, 0.6) is 0 Å². The number of carbonyl (C=O) groups is 1. The lowest BCUT2D eigenvalue weighted by molar-refractivity contribution is -0.151. The SMILES string of the molecule is C=C/C(=C/C(=C\C)C(C)(O)C1CCOCC1)C(=C)[C@](OCC1(C(N)=O)CC1)(c1ccc(Cl)cc1)N(C)Cc1ccc(C#N)cn1. The minimum atomic E-state index is -1.34. The molecule has 9 heteroatoms. The van der Waals surface area contributed by atoms with Crippen molar-refractivity contribution in [1.29, 1.82) is 5.26 Å². The smallest absolute Gasteiger partial charge is 0.225 e. The van der Waals surface area contributed by atoms with Gasteiger partial charge in [0.15, 0.2) is 5.72 Å². The quantitative estimate of drug-likeness (QED) is 0.195. The van der Waals surface area contributed by atoms with Crippen molar-refractivity contribution in [3.05, 3.63) is 113 Å². The van der Waals surface area contributed by atoms with E-state index in [2.05, 4.69) is 24.2 Å². The number of halogens is 1. The largest absolute Gasteiger partial charge is 0.385 e. The van der Waals surface area contributed by atoms with Crippen molar-refractivity contribution in [3.63, 3.8) is 0 Å². The number of carbonyl (C=O) groups excluding carboxylic acids is 1. The van der Waals surface area contributed by atoms with Crippen molar-refractivity contribution in [2.24, 2.45) is 17.1 Å². The zero-order valence-corrected chi connectivity index (χ0v) is 27.1. The van der Waals surface area contributed by atoms with E-state index < -0.39 is 22.6 Å². The highest BCUT2D eigenvalue weighted by Gasteiger charge is 2.52. The summed E-state index contributed by atoms with van der Waals surface area (Å²) in [5.41, 5.74) is 6.38. The first-order valence-corrected chi connectivity index (χ1v) is 15.6. The predicted molar refractivity (Wildman–Crippen MR) is 176 cm³/mol. The average Bonchev–Trinajstić information content (AvgIpc) is 3.85. The number of nitriles is 1. The van der Waals surface area contributed by atoms with E-state index in [0.29, 0.717) is 60.0 Å². The van der Waals surface area contributed by atoms with Gasteiger partial charge in [-0.2, -0.15) is 5.26 Å². The Bertz CT molecular complexity index is 1500. The fourth-order valence-corrected chi connectivity index (χ4v) is 6.15. The van der Waals surface area contributed by atoms with Crippen LogP contribution in [0.3, 0.4) is 0 Å². The maximum atomic E-state index is 12.5. The second-order valence-electron chi connectivity index (χ2n) is 12.2. The van der Waals surface area contributed by atoms with Crippen molar-refractivity contribution in [2.75, 3.05) is 26.9 Å². The Morgan fingerprint density at radius 2 is 1.96 bits per heavy atom. The molecule has 2 aromatic rings. The molecule has 0 radical (unpaired) electrons. The van der Waals surface area contributed by atoms with Gasteiger partial charge in [0.05, 0.1) is 28.9 Å². The van der Waals surface area contributed by atoms with Gasteiger partial charge >= 0.3 is 0 Å². The highest BCUT2D eigenvalue weighted by Crippen LogP contribution is 2.49. The van der Waals surface area contributed by atoms with Gasteiger partial charge in [-0.15, -0.1) is 0 Å². The van der Waals surface area contributed by atoms with E-state index in [1.807, 2.05) is 50.1 Å². The zero-order chi connectivity index (χ0) is 32.8. The number of benzene rings is 1. The van der Waals surface area contributed by atoms with Crippen LogP contribution in [0.1, 0.15) is 56.4 Å². The first-order chi connectivity index (χ1) is 21.4. The maximum Gasteiger partial charge on any atom is 0.225 e. The van der Waals surface area contributed by atoms with Crippen LogP contribution < -0.4 is 5.73 Å². The number of rotatable bonds is 14. The number of nitrogens with zero attached hydrogens (tertiary/aromatic N) is 3. The van der Waals surface area contributed by atoms with E-state index in [4.69, 9.17) is 26.8 Å². The molecule has 2 heterocycles. The molecule has 2 atom stereocenters. The van der Waals surface area contributed by atoms with Crippen LogP contribution in [0.15, 0.2) is 90.7 Å². The van der Waals surface area contributed by atoms with E-state index in [1.165, 1.54) is 6.20 Å². The first kappa shape index (κ1) is 34.3. The average molecular weight is 631 g/mol. The molecule has 0 bridgehead atoms. The van der Waals surface area contributed by atoms with Gasteiger partial charge in [0.2, 0.25) is 5.91 Å². The fraction of sp³-hybridized carbons (Fsp3) is 0.417. The van der Waals surface area contributed by atoms with Crippen LogP contribution in [0.25, 0.3) is 0 Å². The van der Waals surface area contributed by atoms with Crippen LogP contribution in [-0.4, -0.2) is 53.4 Å². The van der Waals surface area contributed by atoms with Gasteiger partial charge in [0.1, 0.15) is 6.07 Å². The number of nitrogens with two attached hydrogens (primary N) is 1. The van der Waals surface area contributed by atoms with Crippen molar-refractivity contribution in [3.8, 4) is 6.07 Å². The summed E-state index contributed by atoms with van der Waals surface area (Å²) in [6.45, 7) is 14.0. The van der Waals surface area contributed by atoms with Crippen LogP contribution in [0.4, 0.5) is 0 Å². The van der Waals surface area contributed by atoms with Crippen molar-refractivity contribution >= 4 is 17.5 Å². The number of hydrogen-bond acceptors (Lipinski definition) is 7. The molecule has 8 nitrogen and oxygen atoms in total. The van der Waals surface area contributed by atoms with Crippen LogP contribution in [0.2, 0.25) is 5.02 Å². The fourth-order valence-electron chi connectivity index (χ4n) is 6.02. The molecular formula is C36H43ClN4O4. The van der Waals surface area contributed by atoms with Crippen molar-refractivity contribution in [2.45, 2.75) is 57.4 Å². The van der Waals surface area contributed by atoms with E-state index in [0.717, 1.165) is 24.0 Å². The van der Waals surface area contributed by atoms with Crippen LogP contribution in [-0.2, 0) is 26.5 Å². The number of allylic oxidation sites excluding steroid dienone is 2. The lowest BCUT2D eigenvalue weighted by Gasteiger charge is -2.45. The summed E-state index contributed by atoms with van der Waals surface area (Å²) < 4.78 is 12.5. The van der Waals surface area contributed by atoms with Crippen molar-refractivity contribution in [1.82, 2.24) is 9.88 Å². The highest BCUT2D eigenvalue weighted by molar-refractivity contribution is 6.30. The Balaban J connectivity index is 1.85. The molecule has 3 N–H and O–H groups in total. The minimum Gasteiger partial charge on any atom is -0.385 e. The van der Waals surface area contributed by atoms with Gasteiger partial charge in [0, 0.05) is 42.1 Å². The number of pyridine rings is 1. The van der Waals surface area contributed by atoms with Gasteiger partial charge in [-0.05, 0) is 94.0 Å². The number of hydrogen-bond donors (Lipinski definition) is 2. The summed E-state index contributed by atoms with van der Waals surface area (Å²) >= 11 is 6.34. The summed E-state index contributed by atoms with van der Waals surface area (Å²) in [5, 5.41) is 21.7. The highest BCUT2D eigenvalue weighted by atomic mass is 35.5. The lowest BCUT2D eigenvalue weighted by Crippen LogP contribution is -2.49. The predicted octanol–water partition coefficient (Wildman–Crippen LogP) is 5.97. The van der Waals surface area contributed by atoms with Gasteiger partial charge in [-0.3, -0.25) is 14.7 Å². The number of aliphatic hydroxyl groups is 1. The summed E-state index contributed by atoms with van der Waals surface area (Å²) in [6.07, 6.45) is 9.81. The number of primary amides is 1. The Morgan fingerprint density at radius 3 is 2.47 bits per heavy atom. The summed E-state index contributed by atoms with van der Waals surface area (Å²) in [6, 6.07) is 12.9. The molecule has 45 heavy (non-hydrogen) atoms. The number of ether oxygens (including phenoxy) is 2. The Labute approximate surface area is 271 Å². The molecule has 1 amide bonds. The standard InChI is InChI=1S/C36H43ClN4O4/c1-6-27(20-28(7-2)34(4,43)29-14-18-44-19-15-29)25(3)36(30-9-11-31(37)12-10-30,45-24-35(16-17-35)33(39)42)41(5)23-32-13-8-26(21-38)22-40-32/h6-13,20,22,29,43H,1,3,14-19,23-24H2,2,4-5H3,(H2,39,42)/b27-20-,28-7+/t34?,36-/m0/s1. The lowest BCUT2D eigenvalue weighted by atomic mass is 9.76. The van der Waals surface area contributed by atoms with Gasteiger partial charge in [-0.1, -0.05) is 49.0 Å². The molecule has 0 spiro atoms. The second-order valence-corrected chi connectivity index (χ2v) is 12.6. The first-order valence-electron chi connectivity index (χ1n) is 15.2. The summed E-state index contributed by atoms with van der Waals surface area (Å²) in [7, 11) is 1.89. The third kappa shape index (κ3) is 7.30. The third-order valence-electron chi connectivity index (χ3n) is 9.26. The molecular weight excluding hydrogens is 588 g/mol. The molecule has 1 saturated heterocycles. The van der Waals surface area contributed by atoms with Gasteiger partial charge in [-0.25, -0.2) is 0 Å². The topological polar surface area (TPSA) is 122 Å². The van der Waals surface area contributed by atoms with E-state index in [1.54, 1.807) is 30.3 Å². The third-order valence-corrected chi connectivity index (χ3v) is 9.51. The second kappa shape index (κ2) is 14.2. The number of likely N-dealkylation sites (N-methyl/N-ethyl adjacent to an activating group) is 1. The zero-order valence-electron chi connectivity index (χ0n) is 26.4. The van der Waals surface area contributed by atoms with Crippen LogP contribution >= 0.6 is 11.6 Å². The minimum absolute atomic E-state index is 0.0146. The Hall–Kier alpha value is -3.58. The summed E-state index contributed by atoms with van der Waals surface area (Å²) in [5.74, 6) is -0.390. The molecule has 2 fully saturated rings. The van der Waals surface area contributed by atoms with Gasteiger partial charge < -0.3 is 20.3 Å². The molecule has 1 aromatic carbocycles. The molecule has 2 aliphatic rings. The van der Waals surface area contributed by atoms with Gasteiger partial charge in [0.25, 0.3) is 0 Å². The normalized spacial score (nSPS) is 19.7. The van der Waals surface area contributed by atoms with E-state index in [9.17, 15) is 15.2 Å². The maximum absolute atomic E-state index is 12.5. The van der Waals surface area contributed by atoms with Crippen molar-refractivity contribution < 1.29 is 19.4 Å². The molecule has 1 aliphatic carbocycles. The molecule has 238 valence electrons. The molecule has 4 rings (SSSR count). The molecule has 1 aliphatic heterocycles. The number of aromatic nitrogens is 1. The van der Waals surface area contributed by atoms with Crippen LogP contribution in [0, 0.1) is 22.7 Å². The summed E-state index contributed by atoms with van der Waals surface area (Å²) in [4.78, 5) is 19.0. The molecule has 1 saturated carbocycles. The monoisotopic (exact) mass is 630 g/mol. The van der Waals surface area contributed by atoms with E-state index in [-0.39, 0.29) is 12.5 Å². The Kier molecular flexibility index (Phi) is 10.9. The number of amides is 1.